The van der Waals surface area contributed by atoms with Gasteiger partial charge in [-0.2, -0.15) is 9.78 Å². The molecule has 0 radical (unpaired) electrons. The average Bonchev–Trinajstić information content (AvgIpc) is 3.40. The number of nitrogens with one attached hydrogen (secondary N) is 1. The molecule has 0 aliphatic rings. The van der Waals surface area contributed by atoms with Gasteiger partial charge in [0.15, 0.2) is 6.61 Å². The molecule has 1 amide bonds. The van der Waals surface area contributed by atoms with E-state index in [4.69, 9.17) is 14.5 Å². The van der Waals surface area contributed by atoms with Gasteiger partial charge in [0, 0.05) is 17.0 Å². The maximum Gasteiger partial charge on any atom is 0.263 e. The zero-order chi connectivity index (χ0) is 21.8. The molecule has 4 aromatic rings. The van der Waals surface area contributed by atoms with Gasteiger partial charge in [-0.15, -0.1) is 11.3 Å². The van der Waals surface area contributed by atoms with Crippen LogP contribution in [0.25, 0.3) is 16.4 Å². The SMILES string of the molecule is COc1ccc(OCC(=O)Nc2cc(C)nn2-c2nc(-c3ccc(C)cc3)cs2)cc1. The summed E-state index contributed by atoms with van der Waals surface area (Å²) in [7, 11) is 1.60. The number of ether oxygens (including phenoxy) is 2. The maximum atomic E-state index is 12.4. The highest BCUT2D eigenvalue weighted by Gasteiger charge is 2.15. The number of methoxy groups -OCH3 is 1. The minimum atomic E-state index is -0.285. The molecule has 2 aromatic carbocycles. The van der Waals surface area contributed by atoms with Crippen molar-refractivity contribution < 1.29 is 14.3 Å². The van der Waals surface area contributed by atoms with E-state index in [0.29, 0.717) is 16.7 Å². The molecular weight excluding hydrogens is 412 g/mol. The molecule has 2 heterocycles. The number of aryl methyl sites for hydroxylation is 2. The third-order valence-electron chi connectivity index (χ3n) is 4.55. The first kappa shape index (κ1) is 20.6. The van der Waals surface area contributed by atoms with Crippen LogP contribution in [0.15, 0.2) is 60.0 Å². The Balaban J connectivity index is 1.45. The number of benzene rings is 2. The van der Waals surface area contributed by atoms with Crippen molar-refractivity contribution in [1.82, 2.24) is 14.8 Å². The number of anilines is 1. The topological polar surface area (TPSA) is 78.3 Å². The number of hydrogen-bond acceptors (Lipinski definition) is 6. The van der Waals surface area contributed by atoms with E-state index >= 15 is 0 Å². The van der Waals surface area contributed by atoms with Gasteiger partial charge in [-0.3, -0.25) is 4.79 Å². The number of hydrogen-bond donors (Lipinski definition) is 1. The number of carbonyl (C=O) groups excluding carboxylic acids is 1. The number of aromatic nitrogens is 3. The highest BCUT2D eigenvalue weighted by atomic mass is 32.1. The van der Waals surface area contributed by atoms with Gasteiger partial charge >= 0.3 is 0 Å². The van der Waals surface area contributed by atoms with E-state index < -0.39 is 0 Å². The summed E-state index contributed by atoms with van der Waals surface area (Å²) in [5, 5.41) is 10.0. The summed E-state index contributed by atoms with van der Waals surface area (Å²) < 4.78 is 12.3. The maximum absolute atomic E-state index is 12.4. The van der Waals surface area contributed by atoms with Crippen molar-refractivity contribution in [2.24, 2.45) is 0 Å². The number of rotatable bonds is 7. The van der Waals surface area contributed by atoms with Crippen molar-refractivity contribution in [2.75, 3.05) is 19.0 Å². The predicted molar refractivity (Wildman–Crippen MR) is 121 cm³/mol. The molecule has 0 saturated carbocycles. The van der Waals surface area contributed by atoms with Gasteiger partial charge in [-0.05, 0) is 38.1 Å². The van der Waals surface area contributed by atoms with Crippen molar-refractivity contribution in [3.05, 3.63) is 71.2 Å². The Hall–Kier alpha value is -3.65. The molecule has 0 aliphatic heterocycles. The number of amides is 1. The second-order valence-electron chi connectivity index (χ2n) is 6.98. The lowest BCUT2D eigenvalue weighted by molar-refractivity contribution is -0.118. The fourth-order valence-corrected chi connectivity index (χ4v) is 3.75. The minimum Gasteiger partial charge on any atom is -0.497 e. The average molecular weight is 435 g/mol. The largest absolute Gasteiger partial charge is 0.497 e. The van der Waals surface area contributed by atoms with E-state index in [2.05, 4.69) is 29.5 Å². The molecule has 158 valence electrons. The first-order chi connectivity index (χ1) is 15.0. The first-order valence-electron chi connectivity index (χ1n) is 9.68. The van der Waals surface area contributed by atoms with Crippen LogP contribution < -0.4 is 14.8 Å². The summed E-state index contributed by atoms with van der Waals surface area (Å²) in [6, 6.07) is 17.1. The fraction of sp³-hybridized carbons (Fsp3) is 0.174. The van der Waals surface area contributed by atoms with E-state index in [1.54, 1.807) is 42.1 Å². The molecule has 2 aromatic heterocycles. The molecule has 0 saturated heterocycles. The third-order valence-corrected chi connectivity index (χ3v) is 5.37. The fourth-order valence-electron chi connectivity index (χ4n) is 2.95. The molecule has 0 bridgehead atoms. The lowest BCUT2D eigenvalue weighted by Crippen LogP contribution is -2.21. The summed E-state index contributed by atoms with van der Waals surface area (Å²) in [6.07, 6.45) is 0. The van der Waals surface area contributed by atoms with E-state index in [1.807, 2.05) is 24.4 Å². The Morgan fingerprint density at radius 1 is 1.06 bits per heavy atom. The molecule has 0 unspecified atom stereocenters. The molecule has 0 atom stereocenters. The Bertz CT molecular complexity index is 1180. The van der Waals surface area contributed by atoms with Crippen LogP contribution in [-0.2, 0) is 4.79 Å². The van der Waals surface area contributed by atoms with E-state index in [0.717, 1.165) is 22.7 Å². The van der Waals surface area contributed by atoms with E-state index in [9.17, 15) is 4.79 Å². The van der Waals surface area contributed by atoms with E-state index in [-0.39, 0.29) is 12.5 Å². The highest BCUT2D eigenvalue weighted by molar-refractivity contribution is 7.12. The predicted octanol–water partition coefficient (Wildman–Crippen LogP) is 4.64. The summed E-state index contributed by atoms with van der Waals surface area (Å²) in [4.78, 5) is 17.1. The summed E-state index contributed by atoms with van der Waals surface area (Å²) >= 11 is 1.46. The standard InChI is InChI=1S/C23H22N4O3S/c1-15-4-6-17(7-5-15)20-14-31-23(24-20)27-21(12-16(2)26-27)25-22(28)13-30-19-10-8-18(29-3)9-11-19/h4-12,14H,13H2,1-3H3,(H,25,28). The smallest absolute Gasteiger partial charge is 0.263 e. The summed E-state index contributed by atoms with van der Waals surface area (Å²) in [5.74, 6) is 1.57. The normalized spacial score (nSPS) is 10.7. The van der Waals surface area contributed by atoms with Gasteiger partial charge in [0.2, 0.25) is 5.13 Å². The zero-order valence-electron chi connectivity index (χ0n) is 17.5. The monoisotopic (exact) mass is 434 g/mol. The second-order valence-corrected chi connectivity index (χ2v) is 7.81. The Labute approximate surface area is 184 Å². The van der Waals surface area contributed by atoms with Crippen molar-refractivity contribution in [2.45, 2.75) is 13.8 Å². The zero-order valence-corrected chi connectivity index (χ0v) is 18.3. The molecule has 0 spiro atoms. The Morgan fingerprint density at radius 2 is 1.77 bits per heavy atom. The van der Waals surface area contributed by atoms with Crippen LogP contribution in [-0.4, -0.2) is 34.4 Å². The van der Waals surface area contributed by atoms with Crippen molar-refractivity contribution in [1.29, 1.82) is 0 Å². The van der Waals surface area contributed by atoms with Crippen LogP contribution in [0, 0.1) is 13.8 Å². The number of thiazole rings is 1. The lowest BCUT2D eigenvalue weighted by atomic mass is 10.1. The van der Waals surface area contributed by atoms with Gasteiger partial charge in [-0.25, -0.2) is 4.98 Å². The van der Waals surface area contributed by atoms with Crippen LogP contribution in [0.3, 0.4) is 0 Å². The number of nitrogens with zero attached hydrogens (tertiary/aromatic N) is 3. The van der Waals surface area contributed by atoms with Crippen molar-refractivity contribution in [3.63, 3.8) is 0 Å². The Kier molecular flexibility index (Phi) is 5.99. The lowest BCUT2D eigenvalue weighted by Gasteiger charge is -2.09. The second kappa shape index (κ2) is 9.01. The summed E-state index contributed by atoms with van der Waals surface area (Å²) in [5.41, 5.74) is 3.88. The van der Waals surface area contributed by atoms with Crippen molar-refractivity contribution in [3.8, 4) is 27.9 Å². The Morgan fingerprint density at radius 3 is 2.48 bits per heavy atom. The highest BCUT2D eigenvalue weighted by Crippen LogP contribution is 2.26. The van der Waals surface area contributed by atoms with Gasteiger partial charge in [0.25, 0.3) is 5.91 Å². The van der Waals surface area contributed by atoms with Gasteiger partial charge < -0.3 is 14.8 Å². The molecule has 4 rings (SSSR count). The minimum absolute atomic E-state index is 0.122. The molecule has 0 aliphatic carbocycles. The van der Waals surface area contributed by atoms with Crippen LogP contribution >= 0.6 is 11.3 Å². The van der Waals surface area contributed by atoms with E-state index in [1.165, 1.54) is 16.9 Å². The molecule has 7 nitrogen and oxygen atoms in total. The van der Waals surface area contributed by atoms with Crippen LogP contribution in [0.1, 0.15) is 11.3 Å². The molecule has 1 N–H and O–H groups in total. The first-order valence-corrected chi connectivity index (χ1v) is 10.6. The molecule has 8 heteroatoms. The number of carbonyl (C=O) groups is 1. The van der Waals surface area contributed by atoms with Crippen LogP contribution in [0.4, 0.5) is 5.82 Å². The van der Waals surface area contributed by atoms with Crippen LogP contribution in [0.2, 0.25) is 0 Å². The van der Waals surface area contributed by atoms with Gasteiger partial charge in [-0.1, -0.05) is 29.8 Å². The molecular formula is C23H22N4O3S. The summed E-state index contributed by atoms with van der Waals surface area (Å²) in [6.45, 7) is 3.80. The van der Waals surface area contributed by atoms with Crippen molar-refractivity contribution >= 4 is 23.1 Å². The molecule has 31 heavy (non-hydrogen) atoms. The van der Waals surface area contributed by atoms with Gasteiger partial charge in [0.1, 0.15) is 17.3 Å². The quantitative estimate of drug-likeness (QED) is 0.459. The van der Waals surface area contributed by atoms with Crippen LogP contribution in [0.5, 0.6) is 11.5 Å². The third kappa shape index (κ3) is 4.92. The molecule has 0 fully saturated rings. The van der Waals surface area contributed by atoms with Gasteiger partial charge in [0.05, 0.1) is 18.5 Å².